The molecule has 2 nitrogen and oxygen atoms in total. The Morgan fingerprint density at radius 3 is 2.56 bits per heavy atom. The van der Waals surface area contributed by atoms with Crippen LogP contribution in [0.1, 0.15) is 27.2 Å². The fraction of sp³-hybridized carbons (Fsp3) is 0.500. The Hall–Kier alpha value is -1.31. The lowest BCUT2D eigenvalue weighted by Gasteiger charge is -2.26. The third-order valence-electron chi connectivity index (χ3n) is 3.89. The lowest BCUT2D eigenvalue weighted by molar-refractivity contribution is -0.125. The summed E-state index contributed by atoms with van der Waals surface area (Å²) in [7, 11) is 1.85. The molecule has 0 saturated heterocycles. The maximum atomic E-state index is 11.6. The summed E-state index contributed by atoms with van der Waals surface area (Å²) >= 11 is 0. The number of likely N-dealkylation sites (N-methyl/N-ethyl adjacent to an activating group) is 1. The zero-order valence-electron chi connectivity index (χ0n) is 10.4. The monoisotopic (exact) mass is 217 g/mol. The van der Waals surface area contributed by atoms with Crippen molar-refractivity contribution in [1.82, 2.24) is 4.90 Å². The molecule has 0 aromatic heterocycles. The molecule has 0 spiro atoms. The molecular formula is C14H19NO. The van der Waals surface area contributed by atoms with Crippen LogP contribution in [0.2, 0.25) is 0 Å². The van der Waals surface area contributed by atoms with Crippen molar-refractivity contribution in [3.05, 3.63) is 35.6 Å². The minimum atomic E-state index is 0.0915. The Morgan fingerprint density at radius 2 is 1.94 bits per heavy atom. The summed E-state index contributed by atoms with van der Waals surface area (Å²) in [6.45, 7) is 6.68. The van der Waals surface area contributed by atoms with E-state index in [0.717, 1.165) is 11.3 Å². The van der Waals surface area contributed by atoms with E-state index in [1.54, 1.807) is 4.90 Å². The van der Waals surface area contributed by atoms with Crippen molar-refractivity contribution < 1.29 is 4.79 Å². The average Bonchev–Trinajstić information content (AvgIpc) is 2.40. The first-order chi connectivity index (χ1) is 7.44. The van der Waals surface area contributed by atoms with Crippen LogP contribution in [0.3, 0.4) is 0 Å². The summed E-state index contributed by atoms with van der Waals surface area (Å²) in [6.07, 6.45) is 9.20. The molecule has 0 saturated carbocycles. The van der Waals surface area contributed by atoms with Gasteiger partial charge in [-0.3, -0.25) is 4.79 Å². The number of hydrogen-bond donors (Lipinski definition) is 0. The molecule has 0 radical (unpaired) electrons. The second kappa shape index (κ2) is 3.62. The highest BCUT2D eigenvalue weighted by atomic mass is 16.2. The zero-order chi connectivity index (χ0) is 11.9. The molecule has 2 aliphatic rings. The first kappa shape index (κ1) is 11.2. The van der Waals surface area contributed by atoms with E-state index >= 15 is 0 Å². The third kappa shape index (κ3) is 1.62. The summed E-state index contributed by atoms with van der Waals surface area (Å²) in [4.78, 5) is 13.3. The Labute approximate surface area is 97.3 Å². The molecule has 1 aliphatic heterocycles. The molecule has 0 N–H and O–H groups in total. The van der Waals surface area contributed by atoms with Crippen LogP contribution >= 0.6 is 0 Å². The van der Waals surface area contributed by atoms with Gasteiger partial charge in [0.25, 0.3) is 0 Å². The molecule has 86 valence electrons. The smallest absolute Gasteiger partial charge is 0.231 e. The van der Waals surface area contributed by atoms with Crippen LogP contribution in [0.25, 0.3) is 0 Å². The van der Waals surface area contributed by atoms with E-state index in [1.807, 2.05) is 7.05 Å². The van der Waals surface area contributed by atoms with Crippen LogP contribution in [-0.4, -0.2) is 17.9 Å². The quantitative estimate of drug-likeness (QED) is 0.661. The minimum Gasteiger partial charge on any atom is -0.315 e. The first-order valence-electron chi connectivity index (χ1n) is 5.82. The summed E-state index contributed by atoms with van der Waals surface area (Å²) < 4.78 is 0. The fourth-order valence-electron chi connectivity index (χ4n) is 2.06. The van der Waals surface area contributed by atoms with Gasteiger partial charge in [-0.25, -0.2) is 0 Å². The molecule has 2 rings (SSSR count). The normalized spacial score (nSPS) is 29.1. The van der Waals surface area contributed by atoms with Gasteiger partial charge in [-0.05, 0) is 17.6 Å². The number of carbonyl (C=O) groups is 1. The predicted octanol–water partition coefficient (Wildman–Crippen LogP) is 2.89. The average molecular weight is 217 g/mol. The van der Waals surface area contributed by atoms with Crippen molar-refractivity contribution in [2.45, 2.75) is 27.2 Å². The van der Waals surface area contributed by atoms with Crippen molar-refractivity contribution >= 4 is 5.91 Å². The molecular weight excluding hydrogens is 198 g/mol. The van der Waals surface area contributed by atoms with Gasteiger partial charge in [0.05, 0.1) is 6.42 Å². The second-order valence-electron chi connectivity index (χ2n) is 5.23. The summed E-state index contributed by atoms with van der Waals surface area (Å²) in [6, 6.07) is 0. The van der Waals surface area contributed by atoms with E-state index in [-0.39, 0.29) is 11.3 Å². The number of allylic oxidation sites excluding steroid dienone is 4. The molecule has 0 bridgehead atoms. The Morgan fingerprint density at radius 1 is 1.31 bits per heavy atom. The zero-order valence-corrected chi connectivity index (χ0v) is 10.4. The van der Waals surface area contributed by atoms with E-state index in [1.165, 1.54) is 0 Å². The number of nitrogens with zero attached hydrogens (tertiary/aromatic N) is 1. The van der Waals surface area contributed by atoms with Gasteiger partial charge in [0.1, 0.15) is 0 Å². The number of rotatable bonds is 1. The van der Waals surface area contributed by atoms with Gasteiger partial charge in [-0.2, -0.15) is 0 Å². The Kier molecular flexibility index (Phi) is 2.53. The van der Waals surface area contributed by atoms with Crippen LogP contribution in [-0.2, 0) is 4.79 Å². The highest BCUT2D eigenvalue weighted by Crippen LogP contribution is 2.36. The molecule has 1 unspecified atom stereocenters. The number of hydrogen-bond acceptors (Lipinski definition) is 1. The predicted molar refractivity (Wildman–Crippen MR) is 65.6 cm³/mol. The van der Waals surface area contributed by atoms with E-state index in [9.17, 15) is 4.79 Å². The molecule has 1 atom stereocenters. The topological polar surface area (TPSA) is 20.3 Å². The van der Waals surface area contributed by atoms with Crippen molar-refractivity contribution in [3.63, 3.8) is 0 Å². The van der Waals surface area contributed by atoms with Gasteiger partial charge in [0, 0.05) is 18.2 Å². The third-order valence-corrected chi connectivity index (χ3v) is 3.89. The minimum absolute atomic E-state index is 0.0915. The van der Waals surface area contributed by atoms with E-state index in [2.05, 4.69) is 45.1 Å². The molecule has 1 heterocycles. The van der Waals surface area contributed by atoms with E-state index in [0.29, 0.717) is 12.3 Å². The molecule has 1 aliphatic carbocycles. The lowest BCUT2D eigenvalue weighted by Crippen LogP contribution is -2.20. The van der Waals surface area contributed by atoms with Gasteiger partial charge in [0.2, 0.25) is 5.91 Å². The Bertz CT molecular complexity index is 414. The second-order valence-corrected chi connectivity index (χ2v) is 5.23. The largest absolute Gasteiger partial charge is 0.315 e. The van der Waals surface area contributed by atoms with Gasteiger partial charge in [0.15, 0.2) is 0 Å². The summed E-state index contributed by atoms with van der Waals surface area (Å²) in [5.74, 6) is 0.744. The molecule has 2 heteroatoms. The number of carbonyl (C=O) groups excluding carboxylic acids is 1. The lowest BCUT2D eigenvalue weighted by atomic mass is 9.79. The van der Waals surface area contributed by atoms with E-state index in [4.69, 9.17) is 0 Å². The van der Waals surface area contributed by atoms with Gasteiger partial charge < -0.3 is 4.90 Å². The van der Waals surface area contributed by atoms with Crippen LogP contribution < -0.4 is 0 Å². The van der Waals surface area contributed by atoms with Crippen molar-refractivity contribution in [2.75, 3.05) is 7.05 Å². The molecule has 0 aromatic rings. The van der Waals surface area contributed by atoms with Crippen molar-refractivity contribution in [2.24, 2.45) is 11.3 Å². The number of amides is 1. The molecule has 0 fully saturated rings. The molecule has 1 amide bonds. The Balaban J connectivity index is 2.36. The fourth-order valence-corrected chi connectivity index (χ4v) is 2.06. The summed E-state index contributed by atoms with van der Waals surface area (Å²) in [5.41, 5.74) is 2.30. The molecule has 16 heavy (non-hydrogen) atoms. The van der Waals surface area contributed by atoms with Gasteiger partial charge >= 0.3 is 0 Å². The van der Waals surface area contributed by atoms with Crippen LogP contribution in [0.15, 0.2) is 35.6 Å². The standard InChI is InChI=1S/C14H19NO/c1-10(2)14(3)7-5-11-9-13(16)15(4)12(11)6-8-14/h5-8,10H,9H2,1-4H3. The maximum Gasteiger partial charge on any atom is 0.231 e. The van der Waals surface area contributed by atoms with Crippen LogP contribution in [0, 0.1) is 11.3 Å². The highest BCUT2D eigenvalue weighted by molar-refractivity contribution is 5.86. The van der Waals surface area contributed by atoms with Crippen molar-refractivity contribution in [3.8, 4) is 0 Å². The van der Waals surface area contributed by atoms with E-state index < -0.39 is 0 Å². The van der Waals surface area contributed by atoms with Crippen molar-refractivity contribution in [1.29, 1.82) is 0 Å². The van der Waals surface area contributed by atoms with Crippen LogP contribution in [0.4, 0.5) is 0 Å². The maximum absolute atomic E-state index is 11.6. The van der Waals surface area contributed by atoms with Crippen LogP contribution in [0.5, 0.6) is 0 Å². The molecule has 0 aromatic carbocycles. The van der Waals surface area contributed by atoms with Gasteiger partial charge in [-0.15, -0.1) is 0 Å². The first-order valence-corrected chi connectivity index (χ1v) is 5.82. The SMILES string of the molecule is CC(C)C1(C)C=CC2=C(C=C1)N(C)C(=O)C2. The summed E-state index contributed by atoms with van der Waals surface area (Å²) in [5, 5.41) is 0. The highest BCUT2D eigenvalue weighted by Gasteiger charge is 2.29. The van der Waals surface area contributed by atoms with Gasteiger partial charge in [-0.1, -0.05) is 39.0 Å².